The minimum atomic E-state index is -0.272. The second kappa shape index (κ2) is 12.6. The van der Waals surface area contributed by atoms with Gasteiger partial charge in [-0.1, -0.05) is 146 Å². The Morgan fingerprint density at radius 3 is 1.89 bits per heavy atom. The van der Waals surface area contributed by atoms with Gasteiger partial charge in [-0.05, 0) is 58.5 Å². The Hall–Kier alpha value is -7.44. The van der Waals surface area contributed by atoms with Crippen molar-refractivity contribution in [2.45, 2.75) is 6.17 Å². The van der Waals surface area contributed by atoms with Gasteiger partial charge < -0.3 is 19.4 Å². The fraction of sp³-hybridized carbons (Fsp3) is 0.0204. The van der Waals surface area contributed by atoms with E-state index in [4.69, 9.17) is 19.5 Å². The maximum Gasteiger partial charge on any atom is 0.195 e. The van der Waals surface area contributed by atoms with Gasteiger partial charge in [0, 0.05) is 33.0 Å². The van der Waals surface area contributed by atoms with Crippen LogP contribution in [-0.2, 0) is 0 Å². The van der Waals surface area contributed by atoms with Gasteiger partial charge in [-0.2, -0.15) is 0 Å². The normalized spacial score (nSPS) is 14.7. The van der Waals surface area contributed by atoms with E-state index in [1.165, 1.54) is 0 Å². The third-order valence-electron chi connectivity index (χ3n) is 10.5. The molecule has 0 saturated carbocycles. The van der Waals surface area contributed by atoms with Gasteiger partial charge in [-0.25, -0.2) is 9.98 Å². The number of nitrogens with one attached hydrogen (secondary N) is 1. The Morgan fingerprint density at radius 1 is 0.491 bits per heavy atom. The standard InChI is InChI=1S/C49H32N4O2/c1-3-15-31(16-4-1)47-50-48(32-17-5-2-6-18-32)52-49(51-47)35-21-13-19-33(29-35)34-20-14-22-36(30-34)53-40-26-10-9-25-39(40)43-37-23-7-8-24-38(37)45-46(44(43)53)55-42-28-12-11-27-41(42)54-45/h1-30,47H,(H,50,51,52). The molecule has 0 bridgehead atoms. The van der Waals surface area contributed by atoms with Gasteiger partial charge in [-0.3, -0.25) is 0 Å². The number of hydrogen-bond acceptors (Lipinski definition) is 5. The first kappa shape index (κ1) is 31.1. The first-order chi connectivity index (χ1) is 27.3. The summed E-state index contributed by atoms with van der Waals surface area (Å²) in [5.41, 5.74) is 8.24. The average Bonchev–Trinajstić information content (AvgIpc) is 3.62. The van der Waals surface area contributed by atoms with Crippen molar-refractivity contribution in [1.82, 2.24) is 9.88 Å². The highest BCUT2D eigenvalue weighted by Gasteiger charge is 2.29. The highest BCUT2D eigenvalue weighted by molar-refractivity contribution is 6.25. The number of para-hydroxylation sites is 3. The molecule has 11 rings (SSSR count). The van der Waals surface area contributed by atoms with Crippen LogP contribution in [0.2, 0.25) is 0 Å². The summed E-state index contributed by atoms with van der Waals surface area (Å²) in [7, 11) is 0. The number of ether oxygens (including phenoxy) is 2. The van der Waals surface area contributed by atoms with Gasteiger partial charge in [-0.15, -0.1) is 0 Å². The van der Waals surface area contributed by atoms with Crippen LogP contribution in [0.3, 0.4) is 0 Å². The van der Waals surface area contributed by atoms with E-state index in [-0.39, 0.29) is 6.17 Å². The van der Waals surface area contributed by atoms with Crippen molar-refractivity contribution >= 4 is 44.2 Å². The van der Waals surface area contributed by atoms with Crippen LogP contribution in [0.25, 0.3) is 49.4 Å². The van der Waals surface area contributed by atoms with Crippen LogP contribution in [0.4, 0.5) is 0 Å². The number of nitrogens with zero attached hydrogens (tertiary/aromatic N) is 3. The van der Waals surface area contributed by atoms with Crippen molar-refractivity contribution in [2.75, 3.05) is 0 Å². The summed E-state index contributed by atoms with van der Waals surface area (Å²) in [5.74, 6) is 4.31. The van der Waals surface area contributed by atoms with E-state index in [0.29, 0.717) is 23.1 Å². The molecule has 1 aromatic heterocycles. The topological polar surface area (TPSA) is 60.1 Å². The molecule has 0 amide bonds. The van der Waals surface area contributed by atoms with Crippen LogP contribution in [-0.4, -0.2) is 16.2 Å². The summed E-state index contributed by atoms with van der Waals surface area (Å²) < 4.78 is 15.8. The third kappa shape index (κ3) is 5.18. The lowest BCUT2D eigenvalue weighted by Gasteiger charge is -2.24. The van der Waals surface area contributed by atoms with E-state index in [9.17, 15) is 0 Å². The molecule has 0 radical (unpaired) electrons. The molecule has 1 unspecified atom stereocenters. The molecule has 0 aliphatic carbocycles. The van der Waals surface area contributed by atoms with Gasteiger partial charge in [0.05, 0.1) is 5.52 Å². The molecule has 2 aliphatic heterocycles. The molecule has 0 spiro atoms. The zero-order valence-electron chi connectivity index (χ0n) is 29.6. The van der Waals surface area contributed by atoms with Crippen molar-refractivity contribution in [1.29, 1.82) is 0 Å². The van der Waals surface area contributed by atoms with Crippen LogP contribution >= 0.6 is 0 Å². The maximum absolute atomic E-state index is 6.79. The lowest BCUT2D eigenvalue weighted by molar-refractivity contribution is 0.366. The van der Waals surface area contributed by atoms with Gasteiger partial charge in [0.2, 0.25) is 0 Å². The second-order valence-corrected chi connectivity index (χ2v) is 13.8. The van der Waals surface area contributed by atoms with Crippen molar-refractivity contribution < 1.29 is 9.47 Å². The van der Waals surface area contributed by atoms with Crippen LogP contribution in [0, 0.1) is 0 Å². The van der Waals surface area contributed by atoms with Gasteiger partial charge in [0.1, 0.15) is 17.5 Å². The number of rotatable bonds is 5. The predicted molar refractivity (Wildman–Crippen MR) is 222 cm³/mol. The van der Waals surface area contributed by atoms with Crippen LogP contribution in [0.1, 0.15) is 22.9 Å². The first-order valence-electron chi connectivity index (χ1n) is 18.4. The van der Waals surface area contributed by atoms with Crippen molar-refractivity contribution in [3.8, 4) is 39.8 Å². The summed E-state index contributed by atoms with van der Waals surface area (Å²) in [6, 6.07) is 62.6. The van der Waals surface area contributed by atoms with E-state index >= 15 is 0 Å². The summed E-state index contributed by atoms with van der Waals surface area (Å²) >= 11 is 0. The molecular formula is C49H32N4O2. The quantitative estimate of drug-likeness (QED) is 0.194. The van der Waals surface area contributed by atoms with E-state index in [0.717, 1.165) is 77.7 Å². The molecular weight excluding hydrogens is 677 g/mol. The Labute approximate surface area is 317 Å². The summed E-state index contributed by atoms with van der Waals surface area (Å²) in [5, 5.41) is 7.97. The van der Waals surface area contributed by atoms with Crippen LogP contribution < -0.4 is 14.8 Å². The SMILES string of the molecule is c1ccc(C2=NC(c3cccc(-c4cccc(-n5c6ccccc6c6c7ccccc7c7c(c65)Oc5ccccc5O7)c4)c3)=NC(c3ccccc3)N2)cc1. The molecule has 2 aliphatic rings. The zero-order valence-corrected chi connectivity index (χ0v) is 29.6. The predicted octanol–water partition coefficient (Wildman–Crippen LogP) is 12.0. The minimum Gasteiger partial charge on any atom is -0.449 e. The molecule has 6 nitrogen and oxygen atoms in total. The maximum atomic E-state index is 6.79. The van der Waals surface area contributed by atoms with Gasteiger partial charge >= 0.3 is 0 Å². The lowest BCUT2D eigenvalue weighted by atomic mass is 10.0. The largest absolute Gasteiger partial charge is 0.449 e. The van der Waals surface area contributed by atoms with Crippen molar-refractivity contribution in [2.24, 2.45) is 9.98 Å². The third-order valence-corrected chi connectivity index (χ3v) is 10.5. The highest BCUT2D eigenvalue weighted by atomic mass is 16.6. The summed E-state index contributed by atoms with van der Waals surface area (Å²) in [6.45, 7) is 0. The lowest BCUT2D eigenvalue weighted by Crippen LogP contribution is -2.33. The molecule has 9 aromatic rings. The second-order valence-electron chi connectivity index (χ2n) is 13.8. The van der Waals surface area contributed by atoms with E-state index in [1.54, 1.807) is 0 Å². The number of hydrogen-bond donors (Lipinski definition) is 1. The molecule has 8 aromatic carbocycles. The summed E-state index contributed by atoms with van der Waals surface area (Å²) in [4.78, 5) is 10.2. The molecule has 6 heteroatoms. The Morgan fingerprint density at radius 2 is 1.09 bits per heavy atom. The molecule has 3 heterocycles. The smallest absolute Gasteiger partial charge is 0.195 e. The average molecular weight is 709 g/mol. The Balaban J connectivity index is 1.07. The number of amidine groups is 2. The molecule has 1 atom stereocenters. The van der Waals surface area contributed by atoms with Crippen LogP contribution in [0.5, 0.6) is 23.0 Å². The van der Waals surface area contributed by atoms with E-state index in [2.05, 4.69) is 131 Å². The molecule has 0 saturated heterocycles. The molecule has 55 heavy (non-hydrogen) atoms. The first-order valence-corrected chi connectivity index (χ1v) is 18.4. The fourth-order valence-electron chi connectivity index (χ4n) is 7.95. The number of fused-ring (bicyclic) bond motifs is 9. The van der Waals surface area contributed by atoms with Gasteiger partial charge in [0.15, 0.2) is 28.8 Å². The minimum absolute atomic E-state index is 0.272. The number of benzene rings is 8. The molecule has 1 N–H and O–H groups in total. The summed E-state index contributed by atoms with van der Waals surface area (Å²) in [6.07, 6.45) is -0.272. The van der Waals surface area contributed by atoms with E-state index < -0.39 is 0 Å². The molecule has 0 fully saturated rings. The highest BCUT2D eigenvalue weighted by Crippen LogP contribution is 2.55. The Bertz CT molecular complexity index is 3020. The number of aliphatic imine (C=N–C) groups is 2. The van der Waals surface area contributed by atoms with E-state index in [1.807, 2.05) is 60.7 Å². The Kier molecular flexibility index (Phi) is 7.13. The van der Waals surface area contributed by atoms with Gasteiger partial charge in [0.25, 0.3) is 0 Å². The zero-order chi connectivity index (χ0) is 36.3. The van der Waals surface area contributed by atoms with Crippen LogP contribution in [0.15, 0.2) is 192 Å². The number of aromatic nitrogens is 1. The fourth-order valence-corrected chi connectivity index (χ4v) is 7.95. The molecule has 260 valence electrons. The van der Waals surface area contributed by atoms with Crippen molar-refractivity contribution in [3.05, 3.63) is 199 Å². The van der Waals surface area contributed by atoms with Crippen molar-refractivity contribution in [3.63, 3.8) is 0 Å². The monoisotopic (exact) mass is 708 g/mol.